The van der Waals surface area contributed by atoms with E-state index < -0.39 is 28.5 Å². The molecule has 0 saturated carbocycles. The van der Waals surface area contributed by atoms with Gasteiger partial charge in [-0.2, -0.15) is 0 Å². The van der Waals surface area contributed by atoms with E-state index in [1.165, 1.54) is 17.0 Å². The van der Waals surface area contributed by atoms with E-state index in [-0.39, 0.29) is 28.1 Å². The predicted molar refractivity (Wildman–Crippen MR) is 147 cm³/mol. The molecule has 0 heterocycles. The van der Waals surface area contributed by atoms with Gasteiger partial charge in [-0.25, -0.2) is 8.42 Å². The zero-order valence-electron chi connectivity index (χ0n) is 21.4. The van der Waals surface area contributed by atoms with Crippen LogP contribution in [0.4, 0.5) is 5.69 Å². The molecule has 1 atom stereocenters. The fourth-order valence-electron chi connectivity index (χ4n) is 3.92. The van der Waals surface area contributed by atoms with Crippen LogP contribution in [-0.2, 0) is 26.2 Å². The molecule has 0 aromatic heterocycles. The highest BCUT2D eigenvalue weighted by Gasteiger charge is 2.33. The molecule has 2 amide bonds. The normalized spacial score (nSPS) is 12.0. The maximum absolute atomic E-state index is 13.8. The lowest BCUT2D eigenvalue weighted by molar-refractivity contribution is -0.139. The van der Waals surface area contributed by atoms with Gasteiger partial charge in [0.1, 0.15) is 12.6 Å². The fraction of sp³-hybridized carbons (Fsp3) is 0.286. The number of para-hydroxylation sites is 1. The number of carbonyl (C=O) groups excluding carboxylic acids is 2. The summed E-state index contributed by atoms with van der Waals surface area (Å²) in [6.45, 7) is 7.24. The van der Waals surface area contributed by atoms with Crippen molar-refractivity contribution >= 4 is 39.1 Å². The second kappa shape index (κ2) is 12.3. The van der Waals surface area contributed by atoms with Crippen molar-refractivity contribution in [1.29, 1.82) is 0 Å². The number of anilines is 1. The van der Waals surface area contributed by atoms with Crippen LogP contribution in [0.25, 0.3) is 0 Å². The molecule has 0 aliphatic carbocycles. The molecule has 37 heavy (non-hydrogen) atoms. The van der Waals surface area contributed by atoms with Crippen LogP contribution in [0.3, 0.4) is 0 Å². The van der Waals surface area contributed by atoms with Gasteiger partial charge in [-0.05, 0) is 57.5 Å². The van der Waals surface area contributed by atoms with Gasteiger partial charge in [0.25, 0.3) is 10.0 Å². The van der Waals surface area contributed by atoms with E-state index in [0.717, 1.165) is 21.0 Å². The van der Waals surface area contributed by atoms with E-state index in [0.29, 0.717) is 6.54 Å². The van der Waals surface area contributed by atoms with Crippen molar-refractivity contribution in [3.05, 3.63) is 94.5 Å². The summed E-state index contributed by atoms with van der Waals surface area (Å²) in [4.78, 5) is 28.0. The van der Waals surface area contributed by atoms with Gasteiger partial charge >= 0.3 is 0 Å². The number of carbonyl (C=O) groups is 2. The number of aryl methyl sites for hydroxylation is 2. The number of rotatable bonds is 10. The first-order chi connectivity index (χ1) is 17.5. The van der Waals surface area contributed by atoms with Gasteiger partial charge in [-0.3, -0.25) is 13.9 Å². The van der Waals surface area contributed by atoms with Crippen LogP contribution in [0.15, 0.2) is 77.7 Å². The Bertz CT molecular complexity index is 1360. The summed E-state index contributed by atoms with van der Waals surface area (Å²) >= 11 is 6.41. The molecule has 3 aromatic rings. The topological polar surface area (TPSA) is 86.8 Å². The van der Waals surface area contributed by atoms with Gasteiger partial charge in [0.15, 0.2) is 0 Å². The molecule has 0 aliphatic heterocycles. The molecular weight excluding hydrogens is 510 g/mol. The van der Waals surface area contributed by atoms with Gasteiger partial charge < -0.3 is 10.2 Å². The lowest BCUT2D eigenvalue weighted by atomic mass is 10.1. The van der Waals surface area contributed by atoms with E-state index in [1.54, 1.807) is 50.2 Å². The summed E-state index contributed by atoms with van der Waals surface area (Å²) in [6.07, 6.45) is 0. The molecule has 0 aliphatic rings. The average molecular weight is 542 g/mol. The third-order valence-electron chi connectivity index (χ3n) is 5.96. The first kappa shape index (κ1) is 28.2. The minimum absolute atomic E-state index is 0.0350. The van der Waals surface area contributed by atoms with Crippen molar-refractivity contribution < 1.29 is 18.0 Å². The number of sulfonamides is 1. The molecule has 7 nitrogen and oxygen atoms in total. The summed E-state index contributed by atoms with van der Waals surface area (Å²) in [5, 5.41) is 2.94. The van der Waals surface area contributed by atoms with Crippen molar-refractivity contribution in [3.8, 4) is 0 Å². The molecule has 9 heteroatoms. The number of hydrogen-bond donors (Lipinski definition) is 1. The largest absolute Gasteiger partial charge is 0.355 e. The van der Waals surface area contributed by atoms with E-state index >= 15 is 0 Å². The van der Waals surface area contributed by atoms with Gasteiger partial charge in [0.05, 0.1) is 15.6 Å². The van der Waals surface area contributed by atoms with Crippen LogP contribution in [0.5, 0.6) is 0 Å². The average Bonchev–Trinajstić information content (AvgIpc) is 2.86. The first-order valence-electron chi connectivity index (χ1n) is 12.0. The molecule has 0 unspecified atom stereocenters. The van der Waals surface area contributed by atoms with Crippen LogP contribution in [0.1, 0.15) is 30.5 Å². The van der Waals surface area contributed by atoms with E-state index in [2.05, 4.69) is 5.32 Å². The number of halogens is 1. The van der Waals surface area contributed by atoms with Crippen LogP contribution in [0, 0.1) is 13.8 Å². The molecule has 3 rings (SSSR count). The van der Waals surface area contributed by atoms with Crippen LogP contribution < -0.4 is 9.62 Å². The van der Waals surface area contributed by atoms with Gasteiger partial charge in [0.2, 0.25) is 11.8 Å². The predicted octanol–water partition coefficient (Wildman–Crippen LogP) is 4.71. The summed E-state index contributed by atoms with van der Waals surface area (Å²) in [7, 11) is -4.16. The van der Waals surface area contributed by atoms with Crippen LogP contribution >= 0.6 is 11.6 Å². The first-order valence-corrected chi connectivity index (χ1v) is 13.8. The SMILES string of the molecule is CCNC(=O)[C@H](C)N(Cc1cccc(C)c1)C(=O)CN(c1ccccc1Cl)S(=O)(=O)c1ccc(C)cc1. The van der Waals surface area contributed by atoms with Crippen LogP contribution in [0.2, 0.25) is 5.02 Å². The summed E-state index contributed by atoms with van der Waals surface area (Å²) in [5.74, 6) is -0.856. The Morgan fingerprint density at radius 1 is 0.946 bits per heavy atom. The quantitative estimate of drug-likeness (QED) is 0.403. The Kier molecular flexibility index (Phi) is 9.34. The van der Waals surface area contributed by atoms with E-state index in [1.807, 2.05) is 38.1 Å². The van der Waals surface area contributed by atoms with E-state index in [9.17, 15) is 18.0 Å². The number of likely N-dealkylation sites (N-methyl/N-ethyl adjacent to an activating group) is 1. The molecule has 1 N–H and O–H groups in total. The number of hydrogen-bond acceptors (Lipinski definition) is 4. The van der Waals surface area contributed by atoms with Crippen LogP contribution in [-0.4, -0.2) is 44.3 Å². The number of amides is 2. The Morgan fingerprint density at radius 2 is 1.62 bits per heavy atom. The zero-order valence-corrected chi connectivity index (χ0v) is 23.0. The molecule has 0 bridgehead atoms. The third kappa shape index (κ3) is 6.90. The maximum Gasteiger partial charge on any atom is 0.264 e. The lowest BCUT2D eigenvalue weighted by Crippen LogP contribution is -2.51. The van der Waals surface area contributed by atoms with Gasteiger partial charge in [-0.15, -0.1) is 0 Å². The molecule has 0 fully saturated rings. The highest BCUT2D eigenvalue weighted by Crippen LogP contribution is 2.31. The van der Waals surface area contributed by atoms with Crippen molar-refractivity contribution in [2.45, 2.75) is 45.2 Å². The van der Waals surface area contributed by atoms with E-state index in [4.69, 9.17) is 11.6 Å². The number of benzene rings is 3. The Balaban J connectivity index is 2.04. The molecular formula is C28H32ClN3O4S. The Labute approximate surface area is 224 Å². The summed E-state index contributed by atoms with van der Waals surface area (Å²) < 4.78 is 28.6. The molecule has 0 spiro atoms. The standard InChI is InChI=1S/C28H32ClN3O4S/c1-5-30-28(34)22(4)31(18-23-10-8-9-21(3)17-23)27(33)19-32(26-12-7-6-11-25(26)29)37(35,36)24-15-13-20(2)14-16-24/h6-17,22H,5,18-19H2,1-4H3,(H,30,34)/t22-/m0/s1. The Hall–Kier alpha value is -3.36. The summed E-state index contributed by atoms with van der Waals surface area (Å²) in [5.41, 5.74) is 2.92. The second-order valence-electron chi connectivity index (χ2n) is 8.86. The minimum atomic E-state index is -4.16. The number of nitrogens with one attached hydrogen (secondary N) is 1. The highest BCUT2D eigenvalue weighted by atomic mass is 35.5. The zero-order chi connectivity index (χ0) is 27.2. The summed E-state index contributed by atoms with van der Waals surface area (Å²) in [6, 6.07) is 19.6. The smallest absolute Gasteiger partial charge is 0.264 e. The van der Waals surface area contributed by atoms with Crippen molar-refractivity contribution in [2.75, 3.05) is 17.4 Å². The number of nitrogens with zero attached hydrogens (tertiary/aromatic N) is 2. The van der Waals surface area contributed by atoms with Crippen molar-refractivity contribution in [1.82, 2.24) is 10.2 Å². The van der Waals surface area contributed by atoms with Crippen molar-refractivity contribution in [2.24, 2.45) is 0 Å². The second-order valence-corrected chi connectivity index (χ2v) is 11.1. The van der Waals surface area contributed by atoms with Crippen molar-refractivity contribution in [3.63, 3.8) is 0 Å². The molecule has 0 saturated heterocycles. The third-order valence-corrected chi connectivity index (χ3v) is 8.06. The molecule has 3 aromatic carbocycles. The lowest BCUT2D eigenvalue weighted by Gasteiger charge is -2.32. The van der Waals surface area contributed by atoms with Gasteiger partial charge in [-0.1, -0.05) is 71.3 Å². The molecule has 0 radical (unpaired) electrons. The fourth-order valence-corrected chi connectivity index (χ4v) is 5.64. The minimum Gasteiger partial charge on any atom is -0.355 e. The highest BCUT2D eigenvalue weighted by molar-refractivity contribution is 7.92. The van der Waals surface area contributed by atoms with Gasteiger partial charge in [0, 0.05) is 13.1 Å². The maximum atomic E-state index is 13.8. The Morgan fingerprint density at radius 3 is 2.24 bits per heavy atom. The monoisotopic (exact) mass is 541 g/mol. The molecule has 196 valence electrons.